The van der Waals surface area contributed by atoms with Crippen LogP contribution in [0.1, 0.15) is 38.7 Å². The van der Waals surface area contributed by atoms with Crippen molar-refractivity contribution < 1.29 is 9.18 Å². The second kappa shape index (κ2) is 8.62. The quantitative estimate of drug-likeness (QED) is 0.563. The highest BCUT2D eigenvalue weighted by Gasteiger charge is 2.27. The number of benzene rings is 1. The molecule has 7 heteroatoms. The van der Waals surface area contributed by atoms with Crippen LogP contribution in [0.25, 0.3) is 0 Å². The number of nitrogens with one attached hydrogen (secondary N) is 3. The van der Waals surface area contributed by atoms with E-state index in [0.29, 0.717) is 23.0 Å². The first kappa shape index (κ1) is 18.9. The summed E-state index contributed by atoms with van der Waals surface area (Å²) in [6.07, 6.45) is 3.31. The zero-order valence-corrected chi connectivity index (χ0v) is 15.4. The fraction of sp³-hybridized carbons (Fsp3) is 0.529. The average molecular weight is 372 g/mol. The van der Waals surface area contributed by atoms with E-state index in [1.54, 1.807) is 6.07 Å². The normalized spacial score (nSPS) is 23.4. The van der Waals surface area contributed by atoms with Crippen LogP contribution in [0, 0.1) is 17.7 Å². The molecule has 1 amide bonds. The third-order valence-electron chi connectivity index (χ3n) is 4.74. The Hall–Kier alpha value is -1.40. The number of hydrogen-bond acceptors (Lipinski definition) is 2. The molecule has 4 nitrogen and oxygen atoms in total. The minimum absolute atomic E-state index is 0.155. The van der Waals surface area contributed by atoms with Gasteiger partial charge in [0.2, 0.25) is 5.91 Å². The molecular weight excluding hydrogens is 349 g/mol. The van der Waals surface area contributed by atoms with Crippen molar-refractivity contribution in [1.82, 2.24) is 16.2 Å². The molecule has 0 spiro atoms. The van der Waals surface area contributed by atoms with Crippen molar-refractivity contribution in [3.05, 3.63) is 34.6 Å². The summed E-state index contributed by atoms with van der Waals surface area (Å²) in [5, 5.41) is 3.85. The van der Waals surface area contributed by atoms with Crippen LogP contribution in [0.15, 0.2) is 18.2 Å². The number of rotatable bonds is 3. The Morgan fingerprint density at radius 2 is 2.08 bits per heavy atom. The molecule has 0 bridgehead atoms. The van der Waals surface area contributed by atoms with Crippen LogP contribution in [0.5, 0.6) is 0 Å². The first-order valence-corrected chi connectivity index (χ1v) is 8.95. The van der Waals surface area contributed by atoms with Gasteiger partial charge in [0.15, 0.2) is 5.11 Å². The van der Waals surface area contributed by atoms with E-state index in [9.17, 15) is 9.18 Å². The Bertz CT molecular complexity index is 593. The fourth-order valence-corrected chi connectivity index (χ4v) is 3.45. The summed E-state index contributed by atoms with van der Waals surface area (Å²) >= 11 is 11.1. The van der Waals surface area contributed by atoms with Crippen molar-refractivity contribution in [2.24, 2.45) is 11.8 Å². The lowest BCUT2D eigenvalue weighted by molar-refractivity contribution is -0.121. The number of hydrogen-bond donors (Lipinski definition) is 3. The summed E-state index contributed by atoms with van der Waals surface area (Å²) in [5.74, 6) is 0.267. The number of thiocarbonyl (C=S) groups is 1. The van der Waals surface area contributed by atoms with E-state index >= 15 is 0 Å². The molecule has 3 atom stereocenters. The van der Waals surface area contributed by atoms with Gasteiger partial charge in [0.25, 0.3) is 0 Å². The minimum atomic E-state index is -0.497. The molecule has 1 aromatic carbocycles. The molecule has 0 radical (unpaired) electrons. The molecule has 24 heavy (non-hydrogen) atoms. The van der Waals surface area contributed by atoms with Gasteiger partial charge in [0, 0.05) is 16.6 Å². The van der Waals surface area contributed by atoms with Crippen LogP contribution in [0.4, 0.5) is 4.39 Å². The molecule has 0 heterocycles. The van der Waals surface area contributed by atoms with Gasteiger partial charge in [-0.3, -0.25) is 15.6 Å². The summed E-state index contributed by atoms with van der Waals surface area (Å²) < 4.78 is 13.7. The number of hydrazine groups is 1. The maximum Gasteiger partial charge on any atom is 0.242 e. The highest BCUT2D eigenvalue weighted by molar-refractivity contribution is 7.80. The van der Waals surface area contributed by atoms with Crippen molar-refractivity contribution in [2.45, 2.75) is 45.6 Å². The number of halogens is 2. The second-order valence-corrected chi connectivity index (χ2v) is 7.21. The van der Waals surface area contributed by atoms with E-state index in [-0.39, 0.29) is 17.0 Å². The largest absolute Gasteiger partial charge is 0.358 e. The second-order valence-electron chi connectivity index (χ2n) is 6.40. The van der Waals surface area contributed by atoms with E-state index in [0.717, 1.165) is 6.42 Å². The van der Waals surface area contributed by atoms with Crippen molar-refractivity contribution in [3.63, 3.8) is 0 Å². The lowest BCUT2D eigenvalue weighted by Crippen LogP contribution is -2.52. The molecule has 0 saturated heterocycles. The molecule has 0 aromatic heterocycles. The summed E-state index contributed by atoms with van der Waals surface area (Å²) in [4.78, 5) is 11.9. The monoisotopic (exact) mass is 371 g/mol. The van der Waals surface area contributed by atoms with Gasteiger partial charge in [-0.25, -0.2) is 4.39 Å². The smallest absolute Gasteiger partial charge is 0.242 e. The molecule has 0 aliphatic heterocycles. The van der Waals surface area contributed by atoms with Gasteiger partial charge in [0.1, 0.15) is 5.82 Å². The molecule has 1 saturated carbocycles. The molecule has 1 fully saturated rings. The van der Waals surface area contributed by atoms with Gasteiger partial charge in [-0.15, -0.1) is 0 Å². The third kappa shape index (κ3) is 5.05. The molecule has 3 N–H and O–H groups in total. The average Bonchev–Trinajstić information content (AvgIpc) is 2.53. The van der Waals surface area contributed by atoms with Gasteiger partial charge in [-0.2, -0.15) is 0 Å². The Morgan fingerprint density at radius 3 is 2.79 bits per heavy atom. The predicted molar refractivity (Wildman–Crippen MR) is 98.1 cm³/mol. The first-order chi connectivity index (χ1) is 11.4. The molecule has 2 rings (SSSR count). The zero-order chi connectivity index (χ0) is 17.7. The van der Waals surface area contributed by atoms with E-state index < -0.39 is 11.7 Å². The van der Waals surface area contributed by atoms with Crippen LogP contribution in [-0.4, -0.2) is 17.1 Å². The van der Waals surface area contributed by atoms with E-state index in [4.69, 9.17) is 23.8 Å². The number of amides is 1. The summed E-state index contributed by atoms with van der Waals surface area (Å²) in [6, 6.07) is 4.63. The van der Waals surface area contributed by atoms with Gasteiger partial charge >= 0.3 is 0 Å². The molecule has 132 valence electrons. The topological polar surface area (TPSA) is 53.2 Å². The lowest BCUT2D eigenvalue weighted by atomic mass is 9.78. The van der Waals surface area contributed by atoms with Gasteiger partial charge in [-0.1, -0.05) is 44.4 Å². The maximum absolute atomic E-state index is 13.7. The van der Waals surface area contributed by atoms with Crippen LogP contribution < -0.4 is 16.2 Å². The molecule has 1 aliphatic rings. The highest BCUT2D eigenvalue weighted by atomic mass is 35.5. The molecule has 0 unspecified atom stereocenters. The van der Waals surface area contributed by atoms with Gasteiger partial charge < -0.3 is 5.32 Å². The minimum Gasteiger partial charge on any atom is -0.358 e. The maximum atomic E-state index is 13.7. The Kier molecular flexibility index (Phi) is 6.80. The van der Waals surface area contributed by atoms with Crippen LogP contribution >= 0.6 is 23.8 Å². The van der Waals surface area contributed by atoms with Crippen molar-refractivity contribution in [3.8, 4) is 0 Å². The van der Waals surface area contributed by atoms with E-state index in [1.807, 2.05) is 0 Å². The van der Waals surface area contributed by atoms with E-state index in [2.05, 4.69) is 30.0 Å². The number of carbonyl (C=O) groups excluding carboxylic acids is 1. The van der Waals surface area contributed by atoms with Crippen LogP contribution in [0.2, 0.25) is 5.02 Å². The summed E-state index contributed by atoms with van der Waals surface area (Å²) in [7, 11) is 0. The summed E-state index contributed by atoms with van der Waals surface area (Å²) in [6.45, 7) is 4.46. The Labute approximate surface area is 152 Å². The van der Waals surface area contributed by atoms with Crippen LogP contribution in [0.3, 0.4) is 0 Å². The molecule has 1 aromatic rings. The molecule has 1 aliphatic carbocycles. The summed E-state index contributed by atoms with van der Waals surface area (Å²) in [5.41, 5.74) is 5.34. The molecular formula is C17H23ClFN3OS. The first-order valence-electron chi connectivity index (χ1n) is 8.16. The zero-order valence-electron chi connectivity index (χ0n) is 13.9. The predicted octanol–water partition coefficient (Wildman–Crippen LogP) is 3.34. The number of carbonyl (C=O) groups is 1. The Morgan fingerprint density at radius 1 is 1.33 bits per heavy atom. The fourth-order valence-electron chi connectivity index (χ4n) is 3.02. The third-order valence-corrected chi connectivity index (χ3v) is 5.31. The van der Waals surface area contributed by atoms with Crippen molar-refractivity contribution in [2.75, 3.05) is 0 Å². The van der Waals surface area contributed by atoms with Gasteiger partial charge in [0.05, 0.1) is 6.42 Å². The highest BCUT2D eigenvalue weighted by Crippen LogP contribution is 2.29. The van der Waals surface area contributed by atoms with Crippen molar-refractivity contribution in [1.29, 1.82) is 0 Å². The van der Waals surface area contributed by atoms with Crippen LogP contribution in [-0.2, 0) is 11.2 Å². The standard InChI is InChI=1S/C17H23ClFN3OS/c1-10-5-3-8-15(11(10)2)20-17(24)22-21-16(23)9-12-13(18)6-4-7-14(12)19/h4,6-7,10-11,15H,3,5,8-9H2,1-2H3,(H,21,23)(H2,20,22,24)/t10-,11-,15+/m1/s1. The SMILES string of the molecule is C[C@@H]1[C@H](C)CCC[C@@H]1NC(=S)NNC(=O)Cc1c(F)cccc1Cl. The Balaban J connectivity index is 1.80. The van der Waals surface area contributed by atoms with Crippen molar-refractivity contribution >= 4 is 34.8 Å². The van der Waals surface area contributed by atoms with Gasteiger partial charge in [-0.05, 0) is 42.6 Å². The van der Waals surface area contributed by atoms with E-state index in [1.165, 1.54) is 25.0 Å². The lowest BCUT2D eigenvalue weighted by Gasteiger charge is -2.35.